The highest BCUT2D eigenvalue weighted by atomic mass is 16.5. The molecule has 19 heavy (non-hydrogen) atoms. The third kappa shape index (κ3) is 3.71. The van der Waals surface area contributed by atoms with Crippen LogP contribution in [0, 0.1) is 11.8 Å². The quantitative estimate of drug-likeness (QED) is 0.794. The summed E-state index contributed by atoms with van der Waals surface area (Å²) in [4.78, 5) is 11.2. The molecule has 3 heteroatoms. The summed E-state index contributed by atoms with van der Waals surface area (Å²) in [6, 6.07) is 0.951. The van der Waals surface area contributed by atoms with Crippen LogP contribution in [0.1, 0.15) is 65.7 Å². The van der Waals surface area contributed by atoms with Crippen LogP contribution in [0.3, 0.4) is 0 Å². The van der Waals surface area contributed by atoms with Crippen LogP contribution >= 0.6 is 0 Å². The number of nitrogens with one attached hydrogen (secondary N) is 1. The van der Waals surface area contributed by atoms with Crippen LogP contribution in [-0.2, 0) is 9.53 Å². The van der Waals surface area contributed by atoms with Gasteiger partial charge in [0.05, 0.1) is 0 Å². The first-order valence-corrected chi connectivity index (χ1v) is 8.05. The maximum Gasteiger partial charge on any atom is 0.302 e. The molecule has 1 saturated heterocycles. The van der Waals surface area contributed by atoms with E-state index >= 15 is 0 Å². The maximum absolute atomic E-state index is 11.2. The summed E-state index contributed by atoms with van der Waals surface area (Å²) in [5.41, 5.74) is 0. The third-order valence-electron chi connectivity index (χ3n) is 5.00. The number of piperidine rings is 1. The highest BCUT2D eigenvalue weighted by Gasteiger charge is 2.41. The van der Waals surface area contributed by atoms with Gasteiger partial charge in [-0.2, -0.15) is 0 Å². The molecule has 0 bridgehead atoms. The number of ether oxygens (including phenoxy) is 1. The lowest BCUT2D eigenvalue weighted by Crippen LogP contribution is -2.57. The Hall–Kier alpha value is -0.570. The van der Waals surface area contributed by atoms with Gasteiger partial charge in [0, 0.05) is 19.0 Å². The molecule has 1 saturated carbocycles. The van der Waals surface area contributed by atoms with Crippen molar-refractivity contribution in [3.05, 3.63) is 0 Å². The molecule has 1 heterocycles. The number of hydrogen-bond acceptors (Lipinski definition) is 3. The van der Waals surface area contributed by atoms with E-state index in [0.29, 0.717) is 18.0 Å². The van der Waals surface area contributed by atoms with Gasteiger partial charge in [-0.15, -0.1) is 0 Å². The molecule has 1 N–H and O–H groups in total. The number of rotatable bonds is 4. The van der Waals surface area contributed by atoms with Gasteiger partial charge < -0.3 is 10.1 Å². The summed E-state index contributed by atoms with van der Waals surface area (Å²) in [6.07, 6.45) is 9.11. The van der Waals surface area contributed by atoms with E-state index in [1.165, 1.54) is 45.4 Å². The molecule has 0 aromatic heterocycles. The zero-order valence-corrected chi connectivity index (χ0v) is 12.7. The average molecular weight is 267 g/mol. The molecule has 0 aromatic rings. The van der Waals surface area contributed by atoms with Crippen LogP contribution in [0.2, 0.25) is 0 Å². The van der Waals surface area contributed by atoms with Crippen molar-refractivity contribution in [2.45, 2.75) is 83.9 Å². The van der Waals surface area contributed by atoms with Crippen molar-refractivity contribution >= 4 is 5.97 Å². The predicted molar refractivity (Wildman–Crippen MR) is 76.9 cm³/mol. The molecule has 110 valence electrons. The molecule has 1 aliphatic heterocycles. The second-order valence-electron chi connectivity index (χ2n) is 6.44. The summed E-state index contributed by atoms with van der Waals surface area (Å²) >= 11 is 0. The van der Waals surface area contributed by atoms with Crippen molar-refractivity contribution in [3.63, 3.8) is 0 Å². The number of hydrogen-bond donors (Lipinski definition) is 1. The SMILES string of the molecule is CCCC[C@H]1CCC[C@H]2N[C@@H](C)[C@H](OC(C)=O)C[C@H]12. The molecule has 0 radical (unpaired) electrons. The van der Waals surface area contributed by atoms with Crippen molar-refractivity contribution in [1.29, 1.82) is 0 Å². The zero-order chi connectivity index (χ0) is 13.8. The number of carbonyl (C=O) groups excluding carboxylic acids is 1. The first kappa shape index (κ1) is 14.8. The molecule has 2 fully saturated rings. The first-order valence-electron chi connectivity index (χ1n) is 8.05. The van der Waals surface area contributed by atoms with Crippen molar-refractivity contribution in [1.82, 2.24) is 5.32 Å². The van der Waals surface area contributed by atoms with E-state index in [1.54, 1.807) is 0 Å². The molecule has 0 unspecified atom stereocenters. The first-order chi connectivity index (χ1) is 9.11. The smallest absolute Gasteiger partial charge is 0.302 e. The normalized spacial score (nSPS) is 38.6. The van der Waals surface area contributed by atoms with Gasteiger partial charge in [-0.1, -0.05) is 39.0 Å². The van der Waals surface area contributed by atoms with Gasteiger partial charge in [-0.25, -0.2) is 0 Å². The molecule has 5 atom stereocenters. The van der Waals surface area contributed by atoms with Crippen molar-refractivity contribution in [2.75, 3.05) is 0 Å². The van der Waals surface area contributed by atoms with E-state index in [1.807, 2.05) is 0 Å². The fourth-order valence-corrected chi connectivity index (χ4v) is 4.03. The lowest BCUT2D eigenvalue weighted by molar-refractivity contribution is -0.151. The Bertz CT molecular complexity index is 305. The molecule has 2 aliphatic rings. The monoisotopic (exact) mass is 267 g/mol. The molecule has 0 spiro atoms. The van der Waals surface area contributed by atoms with E-state index in [2.05, 4.69) is 19.2 Å². The Morgan fingerprint density at radius 2 is 2.16 bits per heavy atom. The topological polar surface area (TPSA) is 38.3 Å². The Kier molecular flexibility index (Phi) is 5.26. The minimum absolute atomic E-state index is 0.0703. The minimum Gasteiger partial charge on any atom is -0.461 e. The number of esters is 1. The van der Waals surface area contributed by atoms with E-state index in [0.717, 1.165) is 12.3 Å². The Labute approximate surface area is 117 Å². The molecular formula is C16H29NO2. The second-order valence-corrected chi connectivity index (χ2v) is 6.44. The highest BCUT2D eigenvalue weighted by molar-refractivity contribution is 5.66. The van der Waals surface area contributed by atoms with Crippen molar-refractivity contribution in [2.24, 2.45) is 11.8 Å². The van der Waals surface area contributed by atoms with E-state index in [9.17, 15) is 4.79 Å². The Morgan fingerprint density at radius 1 is 1.37 bits per heavy atom. The maximum atomic E-state index is 11.2. The van der Waals surface area contributed by atoms with Crippen LogP contribution in [-0.4, -0.2) is 24.2 Å². The lowest BCUT2D eigenvalue weighted by atomic mass is 9.68. The van der Waals surface area contributed by atoms with Gasteiger partial charge in [0.15, 0.2) is 0 Å². The van der Waals surface area contributed by atoms with Gasteiger partial charge in [0.2, 0.25) is 0 Å². The molecule has 1 aliphatic carbocycles. The van der Waals surface area contributed by atoms with E-state index in [4.69, 9.17) is 4.74 Å². The fourth-order valence-electron chi connectivity index (χ4n) is 4.03. The van der Waals surface area contributed by atoms with Gasteiger partial charge in [0.1, 0.15) is 6.10 Å². The number of carbonyl (C=O) groups is 1. The van der Waals surface area contributed by atoms with E-state index < -0.39 is 0 Å². The third-order valence-corrected chi connectivity index (χ3v) is 5.00. The van der Waals surface area contributed by atoms with Gasteiger partial charge in [-0.3, -0.25) is 4.79 Å². The molecule has 0 amide bonds. The summed E-state index contributed by atoms with van der Waals surface area (Å²) in [5, 5.41) is 3.70. The Balaban J connectivity index is 1.99. The number of fused-ring (bicyclic) bond motifs is 1. The van der Waals surface area contributed by atoms with Gasteiger partial charge in [0.25, 0.3) is 0 Å². The standard InChI is InChI=1S/C16H29NO2/c1-4-5-7-13-8-6-9-15-14(13)10-16(11(2)17-15)19-12(3)18/h11,13-17H,4-10H2,1-3H3/t11-,13-,14+,15+,16+/m0/s1. The zero-order valence-electron chi connectivity index (χ0n) is 12.7. The van der Waals surface area contributed by atoms with Crippen LogP contribution in [0.4, 0.5) is 0 Å². The van der Waals surface area contributed by atoms with E-state index in [-0.39, 0.29) is 12.1 Å². The number of unbranched alkanes of at least 4 members (excludes halogenated alkanes) is 1. The lowest BCUT2D eigenvalue weighted by Gasteiger charge is -2.47. The highest BCUT2D eigenvalue weighted by Crippen LogP contribution is 2.40. The molecule has 0 aromatic carbocycles. The van der Waals surface area contributed by atoms with Crippen molar-refractivity contribution < 1.29 is 9.53 Å². The van der Waals surface area contributed by atoms with Gasteiger partial charge >= 0.3 is 5.97 Å². The fraction of sp³-hybridized carbons (Fsp3) is 0.938. The minimum atomic E-state index is -0.141. The van der Waals surface area contributed by atoms with Crippen LogP contribution in [0.15, 0.2) is 0 Å². The van der Waals surface area contributed by atoms with Crippen LogP contribution < -0.4 is 5.32 Å². The van der Waals surface area contributed by atoms with Gasteiger partial charge in [-0.05, 0) is 31.6 Å². The summed E-state index contributed by atoms with van der Waals surface area (Å²) in [6.45, 7) is 5.94. The molecular weight excluding hydrogens is 238 g/mol. The summed E-state index contributed by atoms with van der Waals surface area (Å²) in [7, 11) is 0. The second kappa shape index (κ2) is 6.74. The predicted octanol–water partition coefficient (Wildman–Crippen LogP) is 3.28. The van der Waals surface area contributed by atoms with Crippen molar-refractivity contribution in [3.8, 4) is 0 Å². The Morgan fingerprint density at radius 3 is 2.84 bits per heavy atom. The largest absolute Gasteiger partial charge is 0.461 e. The average Bonchev–Trinajstić information content (AvgIpc) is 2.36. The summed E-state index contributed by atoms with van der Waals surface area (Å²) in [5.74, 6) is 1.40. The molecule has 3 nitrogen and oxygen atoms in total. The summed E-state index contributed by atoms with van der Waals surface area (Å²) < 4.78 is 5.50. The van der Waals surface area contributed by atoms with Crippen LogP contribution in [0.25, 0.3) is 0 Å². The van der Waals surface area contributed by atoms with Crippen LogP contribution in [0.5, 0.6) is 0 Å². The molecule has 2 rings (SSSR count).